The molecule has 0 amide bonds. The summed E-state index contributed by atoms with van der Waals surface area (Å²) >= 11 is 0. The Kier molecular flexibility index (Phi) is 10.6. The van der Waals surface area contributed by atoms with Crippen LogP contribution < -0.4 is 16.4 Å². The molecule has 2 aromatic carbocycles. The summed E-state index contributed by atoms with van der Waals surface area (Å²) in [5.41, 5.74) is 10.6. The Morgan fingerprint density at radius 1 is 1.04 bits per heavy atom. The van der Waals surface area contributed by atoms with Gasteiger partial charge in [0.15, 0.2) is 6.23 Å². The van der Waals surface area contributed by atoms with Gasteiger partial charge in [-0.1, -0.05) is 30.0 Å². The van der Waals surface area contributed by atoms with Gasteiger partial charge >= 0.3 is 5.97 Å². The number of fused-ring (bicyclic) bond motifs is 1. The van der Waals surface area contributed by atoms with Gasteiger partial charge in [0.05, 0.1) is 12.3 Å². The number of carboxylic acid groups (broad SMARTS) is 1. The summed E-state index contributed by atoms with van der Waals surface area (Å²) < 4.78 is 10.9. The lowest BCUT2D eigenvalue weighted by molar-refractivity contribution is -0.172. The molecule has 1 aliphatic heterocycles. The first-order valence-corrected chi connectivity index (χ1v) is 14.0. The number of nitrogens with zero attached hydrogens (tertiary/aromatic N) is 3. The monoisotopic (exact) mass is 637 g/mol. The zero-order chi connectivity index (χ0) is 33.8. The summed E-state index contributed by atoms with van der Waals surface area (Å²) in [6, 6.07) is 12.0. The largest absolute Gasteiger partial charge is 0.479 e. The molecule has 1 aromatic heterocycles. The molecule has 0 saturated heterocycles. The highest BCUT2D eigenvalue weighted by Crippen LogP contribution is 2.42. The van der Waals surface area contributed by atoms with Crippen LogP contribution in [0.15, 0.2) is 48.7 Å². The van der Waals surface area contributed by atoms with E-state index in [9.17, 15) is 40.2 Å². The van der Waals surface area contributed by atoms with Gasteiger partial charge < -0.3 is 56.5 Å². The summed E-state index contributed by atoms with van der Waals surface area (Å²) in [7, 11) is 2.14. The third-order valence-electron chi connectivity index (χ3n) is 7.77. The Labute approximate surface area is 263 Å². The molecule has 1 aliphatic rings. The van der Waals surface area contributed by atoms with E-state index in [0.717, 1.165) is 14.2 Å². The third kappa shape index (κ3) is 6.36. The highest BCUT2D eigenvalue weighted by Gasteiger charge is 2.61. The smallest absolute Gasteiger partial charge is 0.349 e. The lowest BCUT2D eigenvalue weighted by Gasteiger charge is -2.47. The number of ether oxygens (including phenoxy) is 2. The van der Waals surface area contributed by atoms with Crippen LogP contribution in [0.2, 0.25) is 0 Å². The number of carbonyl (C=O) groups excluding carboxylic acids is 1. The van der Waals surface area contributed by atoms with Crippen LogP contribution in [0.5, 0.6) is 0 Å². The lowest BCUT2D eigenvalue weighted by Crippen LogP contribution is -2.68. The topological polar surface area (TPSA) is 255 Å². The van der Waals surface area contributed by atoms with Crippen LogP contribution in [0.1, 0.15) is 32.6 Å². The van der Waals surface area contributed by atoms with E-state index >= 15 is 0 Å². The standard InChI is InChI=1S/C31H35N5O10/c1-45-28-31(46-2,29(43)44)26(42)23-19(12-18-13-34-30(33)35-27(18)32)17(9-8-16-6-4-3-5-7-16)10-11-20(23)36(28)14-21(38)24(40)25(41)22(39)15-37/h3-7,10-11,13,21-22,24-25,28,37-41H,12,14-15H2,1-2H3,(H,43,44)(H4,32,33,34,35). The van der Waals surface area contributed by atoms with E-state index in [2.05, 4.69) is 21.8 Å². The predicted molar refractivity (Wildman–Crippen MR) is 163 cm³/mol. The van der Waals surface area contributed by atoms with Crippen LogP contribution in [0.4, 0.5) is 17.5 Å². The SMILES string of the molecule is COC1N(CC(O)C(O)C(O)C(O)CO)c2ccc(C#Cc3ccccc3)c(Cc3cnc(N)nc3N)c2C(=O)C1(OC)C(=O)O. The van der Waals surface area contributed by atoms with Gasteiger partial charge in [-0.3, -0.25) is 4.79 Å². The van der Waals surface area contributed by atoms with Crippen LogP contribution in [0, 0.1) is 11.8 Å². The van der Waals surface area contributed by atoms with Gasteiger partial charge in [-0.25, -0.2) is 9.78 Å². The molecule has 0 bridgehead atoms. The number of anilines is 3. The molecule has 0 fully saturated rings. The quantitative estimate of drug-likeness (QED) is 0.0880. The number of methoxy groups -OCH3 is 2. The highest BCUT2D eigenvalue weighted by atomic mass is 16.6. The van der Waals surface area contributed by atoms with E-state index in [1.165, 1.54) is 17.2 Å². The zero-order valence-electron chi connectivity index (χ0n) is 24.9. The van der Waals surface area contributed by atoms with Crippen molar-refractivity contribution < 1.29 is 49.7 Å². The molecular weight excluding hydrogens is 602 g/mol. The molecule has 3 aromatic rings. The maximum atomic E-state index is 14.4. The van der Waals surface area contributed by atoms with Crippen LogP contribution in [0.3, 0.4) is 0 Å². The molecule has 46 heavy (non-hydrogen) atoms. The zero-order valence-corrected chi connectivity index (χ0v) is 24.9. The maximum absolute atomic E-state index is 14.4. The number of nitrogens with two attached hydrogens (primary N) is 2. The van der Waals surface area contributed by atoms with Crippen molar-refractivity contribution in [2.45, 2.75) is 42.7 Å². The van der Waals surface area contributed by atoms with Crippen molar-refractivity contribution in [3.05, 3.63) is 76.5 Å². The minimum atomic E-state index is -2.70. The normalized spacial score (nSPS) is 20.2. The van der Waals surface area contributed by atoms with Crippen LogP contribution in [0.25, 0.3) is 0 Å². The molecule has 15 heteroatoms. The molecule has 0 radical (unpaired) electrons. The first-order chi connectivity index (χ1) is 21.9. The number of aliphatic carboxylic acids is 1. The second kappa shape index (κ2) is 14.2. The van der Waals surface area contributed by atoms with E-state index in [4.69, 9.17) is 20.9 Å². The van der Waals surface area contributed by atoms with Crippen molar-refractivity contribution in [2.24, 2.45) is 0 Å². The van der Waals surface area contributed by atoms with Crippen molar-refractivity contribution in [2.75, 3.05) is 43.7 Å². The van der Waals surface area contributed by atoms with E-state index in [1.807, 2.05) is 6.07 Å². The van der Waals surface area contributed by atoms with Gasteiger partial charge in [0, 0.05) is 55.6 Å². The molecule has 15 nitrogen and oxygen atoms in total. The van der Waals surface area contributed by atoms with E-state index in [-0.39, 0.29) is 35.0 Å². The van der Waals surface area contributed by atoms with Crippen LogP contribution >= 0.6 is 0 Å². The summed E-state index contributed by atoms with van der Waals surface area (Å²) in [4.78, 5) is 36.5. The first kappa shape index (κ1) is 34.2. The van der Waals surface area contributed by atoms with E-state index in [0.29, 0.717) is 16.7 Å². The van der Waals surface area contributed by atoms with Crippen molar-refractivity contribution in [3.8, 4) is 11.8 Å². The number of benzene rings is 2. The Morgan fingerprint density at radius 3 is 2.30 bits per heavy atom. The Hall–Kier alpha value is -4.66. The number of aliphatic hydroxyl groups is 5. The van der Waals surface area contributed by atoms with Gasteiger partial charge in [0.2, 0.25) is 11.7 Å². The number of carbonyl (C=O) groups is 2. The minimum absolute atomic E-state index is 0.00756. The maximum Gasteiger partial charge on any atom is 0.349 e. The summed E-state index contributed by atoms with van der Waals surface area (Å²) in [5.74, 6) is 3.27. The number of carboxylic acids is 1. The van der Waals surface area contributed by atoms with E-state index in [1.54, 1.807) is 30.3 Å². The number of rotatable bonds is 11. The number of nitrogen functional groups attached to an aromatic ring is 2. The van der Waals surface area contributed by atoms with Gasteiger partial charge in [-0.05, 0) is 29.8 Å². The lowest BCUT2D eigenvalue weighted by atomic mass is 9.79. The Bertz CT molecular complexity index is 1650. The second-order valence-electron chi connectivity index (χ2n) is 10.5. The van der Waals surface area contributed by atoms with Gasteiger partial charge in [0.1, 0.15) is 30.2 Å². The number of ketones is 1. The predicted octanol–water partition coefficient (Wildman–Crippen LogP) is -1.49. The summed E-state index contributed by atoms with van der Waals surface area (Å²) in [5, 5.41) is 61.3. The number of aromatic nitrogens is 2. The fourth-order valence-corrected chi connectivity index (χ4v) is 5.34. The molecule has 0 aliphatic carbocycles. The van der Waals surface area contributed by atoms with Crippen LogP contribution in [-0.4, -0.2) is 116 Å². The number of β-amino-alcohol motifs (C(OH)–C–C–N with tert-alkyl or cyclic N) is 1. The number of hydrogen-bond acceptors (Lipinski definition) is 14. The number of hydrogen-bond donors (Lipinski definition) is 8. The molecule has 0 saturated carbocycles. The van der Waals surface area contributed by atoms with Crippen molar-refractivity contribution in [1.82, 2.24) is 9.97 Å². The molecule has 6 atom stereocenters. The Balaban J connectivity index is 1.98. The third-order valence-corrected chi connectivity index (χ3v) is 7.77. The van der Waals surface area contributed by atoms with Crippen molar-refractivity contribution >= 4 is 29.2 Å². The van der Waals surface area contributed by atoms with Gasteiger partial charge in [-0.15, -0.1) is 0 Å². The fraction of sp³-hybridized carbons (Fsp3) is 0.355. The summed E-state index contributed by atoms with van der Waals surface area (Å²) in [6.07, 6.45) is -8.08. The van der Waals surface area contributed by atoms with Gasteiger partial charge in [-0.2, -0.15) is 4.98 Å². The number of Topliss-reactive ketones (excluding diaryl/α,β-unsaturated/α-hetero) is 1. The van der Waals surface area contributed by atoms with E-state index < -0.39 is 61.1 Å². The molecular formula is C31H35N5O10. The molecule has 0 spiro atoms. The van der Waals surface area contributed by atoms with Crippen LogP contribution in [-0.2, 0) is 20.7 Å². The van der Waals surface area contributed by atoms with Gasteiger partial charge in [0.25, 0.3) is 5.60 Å². The molecule has 244 valence electrons. The fourth-order valence-electron chi connectivity index (χ4n) is 5.34. The average molecular weight is 638 g/mol. The van der Waals surface area contributed by atoms with Crippen molar-refractivity contribution in [3.63, 3.8) is 0 Å². The highest BCUT2D eigenvalue weighted by molar-refractivity contribution is 6.21. The second-order valence-corrected chi connectivity index (χ2v) is 10.5. The molecule has 2 heterocycles. The molecule has 6 unspecified atom stereocenters. The minimum Gasteiger partial charge on any atom is -0.479 e. The Morgan fingerprint density at radius 2 is 1.72 bits per heavy atom. The molecule has 4 rings (SSSR count). The first-order valence-electron chi connectivity index (χ1n) is 14.0. The number of aliphatic hydroxyl groups excluding tert-OH is 5. The summed E-state index contributed by atoms with van der Waals surface area (Å²) in [6.45, 7) is -1.54. The van der Waals surface area contributed by atoms with Crippen molar-refractivity contribution in [1.29, 1.82) is 0 Å². The average Bonchev–Trinajstić information content (AvgIpc) is 3.05. The molecule has 10 N–H and O–H groups in total.